The van der Waals surface area contributed by atoms with Gasteiger partial charge in [0.25, 0.3) is 0 Å². The summed E-state index contributed by atoms with van der Waals surface area (Å²) in [5.74, 6) is 0.542. The number of fused-ring (bicyclic) bond motifs is 1. The molecule has 2 nitrogen and oxygen atoms in total. The van der Waals surface area contributed by atoms with Crippen LogP contribution in [0.4, 0.5) is 0 Å². The Morgan fingerprint density at radius 3 is 3.08 bits per heavy atom. The molecular weight excluding hydrogens is 148 g/mol. The second-order valence-electron chi connectivity index (χ2n) is 3.40. The Morgan fingerprint density at radius 2 is 2.33 bits per heavy atom. The fourth-order valence-corrected chi connectivity index (χ4v) is 1.78. The van der Waals surface area contributed by atoms with Crippen LogP contribution in [0.15, 0.2) is 35.6 Å². The monoisotopic (exact) mass is 162 g/mol. The van der Waals surface area contributed by atoms with E-state index in [1.807, 2.05) is 0 Å². The Labute approximate surface area is 72.8 Å². The molecule has 0 amide bonds. The van der Waals surface area contributed by atoms with Gasteiger partial charge in [-0.3, -0.25) is 0 Å². The summed E-state index contributed by atoms with van der Waals surface area (Å²) in [6, 6.07) is 0.452. The Hall–Kier alpha value is -1.02. The van der Waals surface area contributed by atoms with Crippen LogP contribution in [0.1, 0.15) is 6.92 Å². The number of hydrogen-bond donors (Lipinski definition) is 2. The third kappa shape index (κ3) is 1.18. The molecular formula is C10H14N2. The lowest BCUT2D eigenvalue weighted by Crippen LogP contribution is -2.27. The van der Waals surface area contributed by atoms with E-state index in [-0.39, 0.29) is 0 Å². The van der Waals surface area contributed by atoms with Crippen LogP contribution in [-0.4, -0.2) is 12.6 Å². The minimum Gasteiger partial charge on any atom is -0.382 e. The van der Waals surface area contributed by atoms with Crippen LogP contribution >= 0.6 is 0 Å². The Morgan fingerprint density at radius 1 is 1.50 bits per heavy atom. The molecule has 0 aromatic heterocycles. The molecule has 2 unspecified atom stereocenters. The number of nitrogens with one attached hydrogen (secondary N) is 1. The molecule has 0 aromatic rings. The molecule has 0 saturated heterocycles. The molecule has 2 aliphatic rings. The van der Waals surface area contributed by atoms with Crippen molar-refractivity contribution in [3.63, 3.8) is 0 Å². The van der Waals surface area contributed by atoms with Crippen LogP contribution in [-0.2, 0) is 0 Å². The predicted molar refractivity (Wildman–Crippen MR) is 50.4 cm³/mol. The first-order valence-electron chi connectivity index (χ1n) is 4.33. The van der Waals surface area contributed by atoms with Crippen molar-refractivity contribution in [2.45, 2.75) is 13.0 Å². The molecule has 2 rings (SSSR count). The van der Waals surface area contributed by atoms with Gasteiger partial charge in [-0.25, -0.2) is 0 Å². The van der Waals surface area contributed by atoms with E-state index >= 15 is 0 Å². The fourth-order valence-electron chi connectivity index (χ4n) is 1.78. The van der Waals surface area contributed by atoms with Gasteiger partial charge in [0.05, 0.1) is 6.04 Å². The lowest BCUT2D eigenvalue weighted by molar-refractivity contribution is 0.632. The van der Waals surface area contributed by atoms with Crippen LogP contribution in [0.3, 0.4) is 0 Å². The molecule has 2 atom stereocenters. The first-order chi connectivity index (χ1) is 5.79. The molecule has 0 spiro atoms. The maximum absolute atomic E-state index is 5.56. The van der Waals surface area contributed by atoms with Gasteiger partial charge in [0, 0.05) is 18.2 Å². The fraction of sp³-hybridized carbons (Fsp3) is 0.400. The summed E-state index contributed by atoms with van der Waals surface area (Å²) in [6.45, 7) is 2.74. The molecule has 0 fully saturated rings. The summed E-state index contributed by atoms with van der Waals surface area (Å²) in [7, 11) is 0. The average molecular weight is 162 g/mol. The van der Waals surface area contributed by atoms with E-state index in [4.69, 9.17) is 5.73 Å². The maximum atomic E-state index is 5.56. The third-order valence-electron chi connectivity index (χ3n) is 2.41. The van der Waals surface area contributed by atoms with E-state index in [0.29, 0.717) is 18.5 Å². The summed E-state index contributed by atoms with van der Waals surface area (Å²) >= 11 is 0. The van der Waals surface area contributed by atoms with Crippen LogP contribution in [0, 0.1) is 5.92 Å². The standard InChI is InChI=1S/C10H14N2/c1-7-4-9-3-2-8(6-11)5-10(9)12-7/h2-5,9-10,12H,6,11H2,1H3. The van der Waals surface area contributed by atoms with E-state index in [0.717, 1.165) is 0 Å². The van der Waals surface area contributed by atoms with E-state index in [1.54, 1.807) is 0 Å². The molecule has 12 heavy (non-hydrogen) atoms. The second-order valence-corrected chi connectivity index (χ2v) is 3.40. The summed E-state index contributed by atoms with van der Waals surface area (Å²) in [4.78, 5) is 0. The molecule has 1 heterocycles. The number of allylic oxidation sites excluding steroid dienone is 1. The highest BCUT2D eigenvalue weighted by atomic mass is 14.9. The SMILES string of the molecule is CC1=CC2C=CC(CN)=CC2N1. The Bertz CT molecular complexity index is 274. The highest BCUT2D eigenvalue weighted by Gasteiger charge is 2.23. The molecule has 64 valence electrons. The topological polar surface area (TPSA) is 38.0 Å². The first kappa shape index (κ1) is 7.62. The molecule has 0 saturated carbocycles. The minimum atomic E-state index is 0.452. The van der Waals surface area contributed by atoms with E-state index in [1.165, 1.54) is 11.3 Å². The van der Waals surface area contributed by atoms with Crippen molar-refractivity contribution in [2.24, 2.45) is 11.7 Å². The van der Waals surface area contributed by atoms with Gasteiger partial charge in [0.2, 0.25) is 0 Å². The molecule has 0 bridgehead atoms. The van der Waals surface area contributed by atoms with Crippen molar-refractivity contribution in [1.29, 1.82) is 0 Å². The number of rotatable bonds is 1. The quantitative estimate of drug-likeness (QED) is 0.602. The summed E-state index contributed by atoms with van der Waals surface area (Å²) in [5, 5.41) is 3.40. The highest BCUT2D eigenvalue weighted by Crippen LogP contribution is 2.24. The summed E-state index contributed by atoms with van der Waals surface area (Å²) in [5.41, 5.74) is 8.05. The lowest BCUT2D eigenvalue weighted by atomic mass is 9.94. The zero-order valence-corrected chi connectivity index (χ0v) is 7.25. The van der Waals surface area contributed by atoms with Crippen molar-refractivity contribution in [1.82, 2.24) is 5.32 Å². The molecule has 3 N–H and O–H groups in total. The van der Waals surface area contributed by atoms with Crippen LogP contribution < -0.4 is 11.1 Å². The van der Waals surface area contributed by atoms with E-state index in [2.05, 4.69) is 36.5 Å². The van der Waals surface area contributed by atoms with Crippen molar-refractivity contribution in [2.75, 3.05) is 6.54 Å². The highest BCUT2D eigenvalue weighted by molar-refractivity contribution is 5.34. The van der Waals surface area contributed by atoms with Gasteiger partial charge in [0.1, 0.15) is 0 Å². The van der Waals surface area contributed by atoms with Gasteiger partial charge >= 0.3 is 0 Å². The van der Waals surface area contributed by atoms with Gasteiger partial charge in [-0.1, -0.05) is 24.3 Å². The molecule has 1 aliphatic heterocycles. The smallest absolute Gasteiger partial charge is 0.0545 e. The van der Waals surface area contributed by atoms with Gasteiger partial charge in [-0.15, -0.1) is 0 Å². The Balaban J connectivity index is 2.18. The van der Waals surface area contributed by atoms with Gasteiger partial charge in [-0.2, -0.15) is 0 Å². The largest absolute Gasteiger partial charge is 0.382 e. The number of nitrogens with two attached hydrogens (primary N) is 1. The predicted octanol–water partition coefficient (Wildman–Crippen LogP) is 0.933. The van der Waals surface area contributed by atoms with E-state index in [9.17, 15) is 0 Å². The molecule has 0 aromatic carbocycles. The van der Waals surface area contributed by atoms with Crippen molar-refractivity contribution in [3.8, 4) is 0 Å². The maximum Gasteiger partial charge on any atom is 0.0545 e. The number of hydrogen-bond acceptors (Lipinski definition) is 2. The van der Waals surface area contributed by atoms with Crippen molar-refractivity contribution < 1.29 is 0 Å². The van der Waals surface area contributed by atoms with Crippen molar-refractivity contribution >= 4 is 0 Å². The van der Waals surface area contributed by atoms with E-state index < -0.39 is 0 Å². The van der Waals surface area contributed by atoms with Gasteiger partial charge in [0.15, 0.2) is 0 Å². The lowest BCUT2D eigenvalue weighted by Gasteiger charge is -2.18. The molecule has 2 heteroatoms. The van der Waals surface area contributed by atoms with Crippen LogP contribution in [0.5, 0.6) is 0 Å². The normalized spacial score (nSPS) is 32.2. The van der Waals surface area contributed by atoms with Gasteiger partial charge < -0.3 is 11.1 Å². The third-order valence-corrected chi connectivity index (χ3v) is 2.41. The Kier molecular flexibility index (Phi) is 1.77. The zero-order valence-electron chi connectivity index (χ0n) is 7.25. The van der Waals surface area contributed by atoms with Crippen molar-refractivity contribution in [3.05, 3.63) is 35.6 Å². The van der Waals surface area contributed by atoms with Crippen LogP contribution in [0.25, 0.3) is 0 Å². The molecule has 1 aliphatic carbocycles. The second kappa shape index (κ2) is 2.79. The summed E-state index contributed by atoms with van der Waals surface area (Å²) < 4.78 is 0. The minimum absolute atomic E-state index is 0.452. The van der Waals surface area contributed by atoms with Crippen LogP contribution in [0.2, 0.25) is 0 Å². The molecule has 0 radical (unpaired) electrons. The zero-order chi connectivity index (χ0) is 8.55. The average Bonchev–Trinajstić information content (AvgIpc) is 2.43. The van der Waals surface area contributed by atoms with Gasteiger partial charge in [-0.05, 0) is 12.5 Å². The summed E-state index contributed by atoms with van der Waals surface area (Å²) in [6.07, 6.45) is 8.82. The first-order valence-corrected chi connectivity index (χ1v) is 4.33.